The summed E-state index contributed by atoms with van der Waals surface area (Å²) in [5.41, 5.74) is -0.144. The Morgan fingerprint density at radius 2 is 1.90 bits per heavy atom. The minimum atomic E-state index is -4.39. The van der Waals surface area contributed by atoms with E-state index in [2.05, 4.69) is 5.32 Å². The first-order valence-electron chi connectivity index (χ1n) is 5.90. The van der Waals surface area contributed by atoms with Gasteiger partial charge in [-0.3, -0.25) is 9.59 Å². The largest absolute Gasteiger partial charge is 0.481 e. The van der Waals surface area contributed by atoms with Gasteiger partial charge in [-0.1, -0.05) is 12.1 Å². The van der Waals surface area contributed by atoms with Gasteiger partial charge in [0.1, 0.15) is 0 Å². The molecule has 4 nitrogen and oxygen atoms in total. The predicted octanol–water partition coefficient (Wildman–Crippen LogP) is 2.23. The normalized spacial score (nSPS) is 12.8. The van der Waals surface area contributed by atoms with Crippen molar-refractivity contribution in [1.82, 2.24) is 5.32 Å². The van der Waals surface area contributed by atoms with Crippen LogP contribution in [0.15, 0.2) is 24.3 Å². The minimum Gasteiger partial charge on any atom is -0.481 e. The van der Waals surface area contributed by atoms with E-state index in [1.807, 2.05) is 0 Å². The molecule has 2 N–H and O–H groups in total. The lowest BCUT2D eigenvalue weighted by Crippen LogP contribution is -2.30. The monoisotopic (exact) mass is 289 g/mol. The van der Waals surface area contributed by atoms with Crippen LogP contribution >= 0.6 is 0 Å². The van der Waals surface area contributed by atoms with Crippen molar-refractivity contribution < 1.29 is 27.9 Å². The van der Waals surface area contributed by atoms with Crippen LogP contribution in [0.3, 0.4) is 0 Å². The Bertz CT molecular complexity index is 457. The van der Waals surface area contributed by atoms with Crippen LogP contribution in [0.25, 0.3) is 0 Å². The summed E-state index contributed by atoms with van der Waals surface area (Å²) in [6.45, 7) is 0. The van der Waals surface area contributed by atoms with Crippen molar-refractivity contribution in [2.75, 3.05) is 0 Å². The van der Waals surface area contributed by atoms with Crippen LogP contribution in [0.5, 0.6) is 0 Å². The molecule has 0 radical (unpaired) electrons. The lowest BCUT2D eigenvalue weighted by Gasteiger charge is -2.15. The quantitative estimate of drug-likeness (QED) is 0.756. The lowest BCUT2D eigenvalue weighted by atomic mass is 10.0. The number of carboxylic acid groups (broad SMARTS) is 1. The molecule has 1 unspecified atom stereocenters. The zero-order valence-corrected chi connectivity index (χ0v) is 10.5. The molecular weight excluding hydrogens is 275 g/mol. The number of benzene rings is 1. The van der Waals surface area contributed by atoms with Crippen molar-refractivity contribution in [1.29, 1.82) is 0 Å². The van der Waals surface area contributed by atoms with E-state index < -0.39 is 23.8 Å². The van der Waals surface area contributed by atoms with Crippen LogP contribution in [0.1, 0.15) is 24.0 Å². The average Bonchev–Trinajstić information content (AvgIpc) is 2.36. The summed E-state index contributed by atoms with van der Waals surface area (Å²) in [7, 11) is 0. The SMILES string of the molecule is O=CNC(CCC(=O)O)Cc1ccc(C(F)(F)F)cc1. The fourth-order valence-corrected chi connectivity index (χ4v) is 1.75. The first-order valence-corrected chi connectivity index (χ1v) is 5.90. The van der Waals surface area contributed by atoms with Gasteiger partial charge in [-0.2, -0.15) is 13.2 Å². The summed E-state index contributed by atoms with van der Waals surface area (Å²) in [6, 6.07) is 4.15. The molecule has 1 aromatic rings. The molecule has 0 saturated heterocycles. The number of hydrogen-bond donors (Lipinski definition) is 2. The van der Waals surface area contributed by atoms with E-state index >= 15 is 0 Å². The molecule has 0 fully saturated rings. The summed E-state index contributed by atoms with van der Waals surface area (Å²) in [5, 5.41) is 11.0. The van der Waals surface area contributed by atoms with Gasteiger partial charge in [-0.15, -0.1) is 0 Å². The minimum absolute atomic E-state index is 0.119. The smallest absolute Gasteiger partial charge is 0.416 e. The molecule has 0 bridgehead atoms. The Labute approximate surface area is 113 Å². The Kier molecular flexibility index (Phi) is 5.54. The maximum atomic E-state index is 12.4. The van der Waals surface area contributed by atoms with Gasteiger partial charge in [0.25, 0.3) is 0 Å². The summed E-state index contributed by atoms with van der Waals surface area (Å²) < 4.78 is 37.2. The molecule has 1 amide bonds. The molecule has 0 aliphatic heterocycles. The molecule has 110 valence electrons. The highest BCUT2D eigenvalue weighted by molar-refractivity contribution is 5.66. The second-order valence-electron chi connectivity index (χ2n) is 4.31. The molecule has 7 heteroatoms. The summed E-state index contributed by atoms with van der Waals surface area (Å²) in [5.74, 6) is -0.991. The van der Waals surface area contributed by atoms with E-state index in [-0.39, 0.29) is 19.3 Å². The topological polar surface area (TPSA) is 66.4 Å². The number of hydrogen-bond acceptors (Lipinski definition) is 2. The number of halogens is 3. The van der Waals surface area contributed by atoms with Gasteiger partial charge in [0.2, 0.25) is 6.41 Å². The van der Waals surface area contributed by atoms with E-state index in [1.165, 1.54) is 12.1 Å². The Balaban J connectivity index is 2.68. The summed E-state index contributed by atoms with van der Waals surface area (Å²) >= 11 is 0. The Morgan fingerprint density at radius 1 is 1.30 bits per heavy atom. The molecule has 0 aromatic heterocycles. The molecule has 1 atom stereocenters. The maximum Gasteiger partial charge on any atom is 0.416 e. The molecule has 0 heterocycles. The molecule has 0 aliphatic carbocycles. The fraction of sp³-hybridized carbons (Fsp3) is 0.385. The van der Waals surface area contributed by atoms with Gasteiger partial charge in [0, 0.05) is 12.5 Å². The zero-order chi connectivity index (χ0) is 15.2. The van der Waals surface area contributed by atoms with Crippen LogP contribution in [0, 0.1) is 0 Å². The van der Waals surface area contributed by atoms with Gasteiger partial charge in [0.05, 0.1) is 5.56 Å². The molecule has 0 aliphatic rings. The van der Waals surface area contributed by atoms with Crippen molar-refractivity contribution in [2.45, 2.75) is 31.5 Å². The van der Waals surface area contributed by atoms with Gasteiger partial charge < -0.3 is 10.4 Å². The fourth-order valence-electron chi connectivity index (χ4n) is 1.75. The molecule has 1 aromatic carbocycles. The maximum absolute atomic E-state index is 12.4. The first-order chi connectivity index (χ1) is 9.32. The number of aliphatic carboxylic acids is 1. The van der Waals surface area contributed by atoms with E-state index in [0.717, 1.165) is 12.1 Å². The second kappa shape index (κ2) is 6.93. The number of alkyl halides is 3. The molecule has 20 heavy (non-hydrogen) atoms. The zero-order valence-electron chi connectivity index (χ0n) is 10.5. The van der Waals surface area contributed by atoms with E-state index in [1.54, 1.807) is 0 Å². The third-order valence-corrected chi connectivity index (χ3v) is 2.77. The van der Waals surface area contributed by atoms with Gasteiger partial charge in [-0.25, -0.2) is 0 Å². The molecular formula is C13H14F3NO3. The average molecular weight is 289 g/mol. The number of carbonyl (C=O) groups excluding carboxylic acids is 1. The lowest BCUT2D eigenvalue weighted by molar-refractivity contribution is -0.138. The molecule has 1 rings (SSSR count). The summed E-state index contributed by atoms with van der Waals surface area (Å²) in [4.78, 5) is 20.9. The standard InChI is InChI=1S/C13H14F3NO3/c14-13(15,16)10-3-1-9(2-4-10)7-11(17-8-18)5-6-12(19)20/h1-4,8,11H,5-7H2,(H,17,18)(H,19,20). The Hall–Kier alpha value is -2.05. The van der Waals surface area contributed by atoms with E-state index in [0.29, 0.717) is 12.0 Å². The number of carboxylic acids is 1. The third-order valence-electron chi connectivity index (χ3n) is 2.77. The highest BCUT2D eigenvalue weighted by atomic mass is 19.4. The Morgan fingerprint density at radius 3 is 2.35 bits per heavy atom. The number of amides is 1. The van der Waals surface area contributed by atoms with Crippen LogP contribution in [-0.4, -0.2) is 23.5 Å². The van der Waals surface area contributed by atoms with E-state index in [4.69, 9.17) is 5.11 Å². The van der Waals surface area contributed by atoms with Gasteiger partial charge in [-0.05, 0) is 30.5 Å². The van der Waals surface area contributed by atoms with Crippen molar-refractivity contribution in [3.05, 3.63) is 35.4 Å². The van der Waals surface area contributed by atoms with Gasteiger partial charge >= 0.3 is 12.1 Å². The molecule has 0 saturated carbocycles. The van der Waals surface area contributed by atoms with Crippen molar-refractivity contribution in [3.8, 4) is 0 Å². The first kappa shape index (κ1) is 16.0. The van der Waals surface area contributed by atoms with Crippen LogP contribution in [-0.2, 0) is 22.2 Å². The third kappa shape index (κ3) is 5.29. The van der Waals surface area contributed by atoms with Crippen LogP contribution < -0.4 is 5.32 Å². The predicted molar refractivity (Wildman–Crippen MR) is 65.0 cm³/mol. The van der Waals surface area contributed by atoms with E-state index in [9.17, 15) is 22.8 Å². The number of rotatable bonds is 7. The highest BCUT2D eigenvalue weighted by Crippen LogP contribution is 2.29. The summed E-state index contributed by atoms with van der Waals surface area (Å²) in [6.07, 6.45) is -3.55. The van der Waals surface area contributed by atoms with Gasteiger partial charge in [0.15, 0.2) is 0 Å². The second-order valence-corrected chi connectivity index (χ2v) is 4.31. The number of carbonyl (C=O) groups is 2. The molecule has 0 spiro atoms. The van der Waals surface area contributed by atoms with Crippen molar-refractivity contribution in [3.63, 3.8) is 0 Å². The highest BCUT2D eigenvalue weighted by Gasteiger charge is 2.29. The van der Waals surface area contributed by atoms with Crippen molar-refractivity contribution >= 4 is 12.4 Å². The number of nitrogens with one attached hydrogen (secondary N) is 1. The van der Waals surface area contributed by atoms with Crippen molar-refractivity contribution in [2.24, 2.45) is 0 Å². The van der Waals surface area contributed by atoms with Crippen LogP contribution in [0.4, 0.5) is 13.2 Å². The van der Waals surface area contributed by atoms with Crippen LogP contribution in [0.2, 0.25) is 0 Å².